The summed E-state index contributed by atoms with van der Waals surface area (Å²) in [5.41, 5.74) is 5.22. The Morgan fingerprint density at radius 2 is 2.11 bits per heavy atom. The Labute approximate surface area is 54.9 Å². The molecule has 9 heavy (non-hydrogen) atoms. The van der Waals surface area contributed by atoms with Gasteiger partial charge in [0, 0.05) is 0 Å². The van der Waals surface area contributed by atoms with Crippen molar-refractivity contribution in [3.63, 3.8) is 0 Å². The van der Waals surface area contributed by atoms with E-state index in [1.54, 1.807) is 0 Å². The molecule has 0 saturated heterocycles. The van der Waals surface area contributed by atoms with Crippen LogP contribution in [0.15, 0.2) is 0 Å². The average Bonchev–Trinajstić information content (AvgIpc) is 1.63. The number of nitrogens with two attached hydrogens (primary N) is 1. The first-order valence-corrected chi connectivity index (χ1v) is 3.02. The Hall–Kier alpha value is -0.570. The van der Waals surface area contributed by atoms with Gasteiger partial charge in [-0.15, -0.1) is 0 Å². The molecule has 0 rings (SSSR count). The molecule has 0 spiro atoms. The molecule has 0 bridgehead atoms. The molecule has 1 atom stereocenters. The molecule has 0 heterocycles. The van der Waals surface area contributed by atoms with E-state index in [-0.39, 0.29) is 0 Å². The smallest absolute Gasteiger partial charge is 0.320 e. The standard InChI is InChI=1S/C6H13NO2/c1-4(2)3-5(7)6(8)9/h4-5H,3,7H2,1-2H3,(H,8,9)/t5-/m0/s1/i6+2. The van der Waals surface area contributed by atoms with E-state index in [0.29, 0.717) is 12.3 Å². The van der Waals surface area contributed by atoms with Gasteiger partial charge in [0.2, 0.25) is 0 Å². The summed E-state index contributed by atoms with van der Waals surface area (Å²) in [6.45, 7) is 3.89. The fourth-order valence-electron chi connectivity index (χ4n) is 0.609. The van der Waals surface area contributed by atoms with E-state index in [1.807, 2.05) is 13.8 Å². The third-order valence-electron chi connectivity index (χ3n) is 1.04. The zero-order valence-corrected chi connectivity index (χ0v) is 5.79. The number of carbonyl (C=O) groups is 1. The highest BCUT2D eigenvalue weighted by atomic mass is 16.6. The number of aliphatic carboxylic acids is 1. The molecule has 0 saturated carbocycles. The van der Waals surface area contributed by atoms with Crippen LogP contribution in [0.25, 0.3) is 0 Å². The Balaban J connectivity index is 3.50. The SMILES string of the molecule is CC(C)C[C@H](N)[14C](=O)O. The molecule has 0 amide bonds. The monoisotopic (exact) mass is 133 g/mol. The summed E-state index contributed by atoms with van der Waals surface area (Å²) in [5, 5.41) is 8.31. The van der Waals surface area contributed by atoms with Crippen molar-refractivity contribution in [2.45, 2.75) is 26.3 Å². The minimum Gasteiger partial charge on any atom is -0.480 e. The molecule has 0 aliphatic rings. The summed E-state index contributed by atoms with van der Waals surface area (Å²) >= 11 is 0. The molecular weight excluding hydrogens is 120 g/mol. The van der Waals surface area contributed by atoms with Crippen molar-refractivity contribution in [2.75, 3.05) is 0 Å². The van der Waals surface area contributed by atoms with Gasteiger partial charge in [0.15, 0.2) is 0 Å². The largest absolute Gasteiger partial charge is 0.480 e. The summed E-state index contributed by atoms with van der Waals surface area (Å²) in [6.07, 6.45) is 0.551. The van der Waals surface area contributed by atoms with E-state index in [1.165, 1.54) is 0 Å². The maximum absolute atomic E-state index is 10.1. The van der Waals surface area contributed by atoms with E-state index in [9.17, 15) is 4.79 Å². The van der Waals surface area contributed by atoms with Crippen LogP contribution in [0, 0.1) is 5.92 Å². The van der Waals surface area contributed by atoms with Crippen LogP contribution in [0.3, 0.4) is 0 Å². The maximum atomic E-state index is 10.1. The Morgan fingerprint density at radius 3 is 2.22 bits per heavy atom. The molecule has 0 aromatic heterocycles. The lowest BCUT2D eigenvalue weighted by Crippen LogP contribution is -2.31. The van der Waals surface area contributed by atoms with E-state index in [2.05, 4.69) is 0 Å². The number of hydrogen-bond donors (Lipinski definition) is 2. The minimum atomic E-state index is -0.913. The van der Waals surface area contributed by atoms with Crippen molar-refractivity contribution < 1.29 is 9.90 Å². The predicted molar refractivity (Wildman–Crippen MR) is 35.1 cm³/mol. The summed E-state index contributed by atoms with van der Waals surface area (Å²) < 4.78 is 0. The van der Waals surface area contributed by atoms with E-state index < -0.39 is 12.0 Å². The summed E-state index contributed by atoms with van der Waals surface area (Å²) in [4.78, 5) is 10.1. The lowest BCUT2D eigenvalue weighted by Gasteiger charge is -2.07. The van der Waals surface area contributed by atoms with E-state index >= 15 is 0 Å². The second kappa shape index (κ2) is 3.45. The number of rotatable bonds is 3. The van der Waals surface area contributed by atoms with Crippen LogP contribution in [0.5, 0.6) is 0 Å². The summed E-state index contributed by atoms with van der Waals surface area (Å²) in [7, 11) is 0. The first-order chi connectivity index (χ1) is 4.04. The van der Waals surface area contributed by atoms with Gasteiger partial charge < -0.3 is 10.8 Å². The lowest BCUT2D eigenvalue weighted by atomic mass is 10.1. The minimum absolute atomic E-state index is 0.357. The van der Waals surface area contributed by atoms with Crippen LogP contribution in [-0.2, 0) is 4.79 Å². The Kier molecular flexibility index (Phi) is 3.24. The predicted octanol–water partition coefficient (Wildman–Crippen LogP) is 0.444. The van der Waals surface area contributed by atoms with Gasteiger partial charge in [-0.1, -0.05) is 13.8 Å². The van der Waals surface area contributed by atoms with Gasteiger partial charge in [0.25, 0.3) is 0 Å². The van der Waals surface area contributed by atoms with Gasteiger partial charge in [0.05, 0.1) is 0 Å². The van der Waals surface area contributed by atoms with Crippen molar-refractivity contribution in [1.29, 1.82) is 0 Å². The summed E-state index contributed by atoms with van der Waals surface area (Å²) in [5.74, 6) is -0.556. The molecular formula is C6H13NO2. The molecule has 3 nitrogen and oxygen atoms in total. The van der Waals surface area contributed by atoms with Crippen molar-refractivity contribution in [2.24, 2.45) is 11.7 Å². The zero-order chi connectivity index (χ0) is 7.44. The highest BCUT2D eigenvalue weighted by molar-refractivity contribution is 5.72. The molecule has 0 aliphatic heterocycles. The second-order valence-corrected chi connectivity index (χ2v) is 2.57. The van der Waals surface area contributed by atoms with Crippen LogP contribution in [0.4, 0.5) is 0 Å². The number of hydrogen-bond acceptors (Lipinski definition) is 2. The molecule has 3 N–H and O–H groups in total. The van der Waals surface area contributed by atoms with Crippen LogP contribution in [0.2, 0.25) is 0 Å². The normalized spacial score (nSPS) is 13.8. The third-order valence-corrected chi connectivity index (χ3v) is 1.04. The first kappa shape index (κ1) is 8.43. The van der Waals surface area contributed by atoms with Gasteiger partial charge in [-0.2, -0.15) is 0 Å². The maximum Gasteiger partial charge on any atom is 0.320 e. The molecule has 0 aromatic carbocycles. The van der Waals surface area contributed by atoms with Crippen molar-refractivity contribution >= 4 is 5.97 Å². The van der Waals surface area contributed by atoms with Crippen LogP contribution in [-0.4, -0.2) is 17.1 Å². The quantitative estimate of drug-likeness (QED) is 0.587. The number of carboxylic acids is 1. The van der Waals surface area contributed by atoms with Crippen LogP contribution < -0.4 is 5.73 Å². The van der Waals surface area contributed by atoms with Crippen molar-refractivity contribution in [3.8, 4) is 0 Å². The van der Waals surface area contributed by atoms with Crippen LogP contribution >= 0.6 is 0 Å². The van der Waals surface area contributed by atoms with E-state index in [4.69, 9.17) is 10.8 Å². The fourth-order valence-corrected chi connectivity index (χ4v) is 0.609. The third kappa shape index (κ3) is 3.97. The molecule has 0 aliphatic carbocycles. The molecule has 54 valence electrons. The molecule has 0 unspecified atom stereocenters. The zero-order valence-electron chi connectivity index (χ0n) is 5.79. The molecule has 3 heteroatoms. The highest BCUT2D eigenvalue weighted by Gasteiger charge is 2.11. The average molecular weight is 133 g/mol. The lowest BCUT2D eigenvalue weighted by molar-refractivity contribution is -0.138. The van der Waals surface area contributed by atoms with Gasteiger partial charge in [-0.25, -0.2) is 0 Å². The van der Waals surface area contributed by atoms with Gasteiger partial charge >= 0.3 is 5.97 Å². The topological polar surface area (TPSA) is 63.3 Å². The van der Waals surface area contributed by atoms with Crippen LogP contribution in [0.1, 0.15) is 20.3 Å². The van der Waals surface area contributed by atoms with Crippen molar-refractivity contribution in [1.82, 2.24) is 0 Å². The fraction of sp³-hybridized carbons (Fsp3) is 0.833. The number of carboxylic acid groups (broad SMARTS) is 1. The second-order valence-electron chi connectivity index (χ2n) is 2.57. The molecule has 0 aromatic rings. The Bertz CT molecular complexity index is 101. The Morgan fingerprint density at radius 1 is 1.67 bits per heavy atom. The van der Waals surface area contributed by atoms with Gasteiger partial charge in [0.1, 0.15) is 6.04 Å². The molecule has 0 fully saturated rings. The highest BCUT2D eigenvalue weighted by Crippen LogP contribution is 2.01. The van der Waals surface area contributed by atoms with E-state index in [0.717, 1.165) is 0 Å². The van der Waals surface area contributed by atoms with Gasteiger partial charge in [-0.3, -0.25) is 4.79 Å². The first-order valence-electron chi connectivity index (χ1n) is 3.02. The van der Waals surface area contributed by atoms with Gasteiger partial charge in [-0.05, 0) is 12.3 Å². The molecule has 0 radical (unpaired) electrons. The summed E-state index contributed by atoms with van der Waals surface area (Å²) in [6, 6.07) is -0.690. The van der Waals surface area contributed by atoms with Crippen molar-refractivity contribution in [3.05, 3.63) is 0 Å².